The molecule has 1 aliphatic rings. The Labute approximate surface area is 177 Å². The fourth-order valence-corrected chi connectivity index (χ4v) is 4.80. The minimum Gasteiger partial charge on any atom is -0.479 e. The third-order valence-corrected chi connectivity index (χ3v) is 6.36. The molecule has 0 saturated heterocycles. The predicted octanol–water partition coefficient (Wildman–Crippen LogP) is 2.77. The number of aromatic nitrogens is 2. The summed E-state index contributed by atoms with van der Waals surface area (Å²) in [7, 11) is 0. The highest BCUT2D eigenvalue weighted by atomic mass is 32.2. The maximum absolute atomic E-state index is 12.9. The van der Waals surface area contributed by atoms with Gasteiger partial charge in [0.15, 0.2) is 17.0 Å². The molecule has 4 rings (SSSR count). The van der Waals surface area contributed by atoms with Crippen molar-refractivity contribution >= 4 is 56.7 Å². The number of ether oxygens (including phenoxy) is 1. The quantitative estimate of drug-likeness (QED) is 0.310. The number of H-pyrrole nitrogens is 1. The topological polar surface area (TPSA) is 138 Å². The molecule has 1 aromatic carbocycles. The molecule has 9 nitrogen and oxygen atoms in total. The van der Waals surface area contributed by atoms with Crippen LogP contribution in [-0.2, 0) is 4.79 Å². The summed E-state index contributed by atoms with van der Waals surface area (Å²) in [6, 6.07) is 4.79. The zero-order valence-corrected chi connectivity index (χ0v) is 17.3. The fraction of sp³-hybridized carbons (Fsp3) is 0.211. The highest BCUT2D eigenvalue weighted by Gasteiger charge is 2.26. The molecule has 3 N–H and O–H groups in total. The Hall–Kier alpha value is -3.18. The van der Waals surface area contributed by atoms with Crippen LogP contribution in [0.15, 0.2) is 33.5 Å². The van der Waals surface area contributed by atoms with Crippen LogP contribution in [0.3, 0.4) is 0 Å². The van der Waals surface area contributed by atoms with Gasteiger partial charge >= 0.3 is 5.97 Å². The highest BCUT2D eigenvalue weighted by Crippen LogP contribution is 2.32. The molecule has 0 fully saturated rings. The van der Waals surface area contributed by atoms with Gasteiger partial charge in [-0.25, -0.2) is 9.78 Å². The molecule has 0 aliphatic carbocycles. The lowest BCUT2D eigenvalue weighted by Gasteiger charge is -2.23. The summed E-state index contributed by atoms with van der Waals surface area (Å²) in [4.78, 5) is 55.3. The number of carboxylic acid groups (broad SMARTS) is 1. The number of hydrogen-bond donors (Lipinski definition) is 3. The van der Waals surface area contributed by atoms with Gasteiger partial charge in [-0.15, -0.1) is 11.3 Å². The molecule has 3 heterocycles. The molecule has 30 heavy (non-hydrogen) atoms. The number of aromatic carboxylic acids is 1. The summed E-state index contributed by atoms with van der Waals surface area (Å²) in [6.07, 6.45) is -0.606. The average Bonchev–Trinajstić information content (AvgIpc) is 3.13. The summed E-state index contributed by atoms with van der Waals surface area (Å²) in [6.45, 7) is 3.30. The monoisotopic (exact) mass is 445 g/mol. The van der Waals surface area contributed by atoms with Crippen molar-refractivity contribution in [3.63, 3.8) is 0 Å². The van der Waals surface area contributed by atoms with Crippen LogP contribution < -0.4 is 15.6 Å². The molecule has 0 saturated carbocycles. The Balaban J connectivity index is 1.57. The van der Waals surface area contributed by atoms with Gasteiger partial charge in [-0.1, -0.05) is 11.8 Å². The SMILES string of the molecule is CC1Oc2ccc(C(=O)C(C)Sc3nc4scc(C(=O)O)c4c(=O)[nH]3)cc2NC1=O. The molecular weight excluding hydrogens is 430 g/mol. The maximum atomic E-state index is 12.9. The summed E-state index contributed by atoms with van der Waals surface area (Å²) in [5, 5.41) is 12.9. The van der Waals surface area contributed by atoms with E-state index in [1.807, 2.05) is 0 Å². The van der Waals surface area contributed by atoms with Crippen molar-refractivity contribution in [1.29, 1.82) is 0 Å². The largest absolute Gasteiger partial charge is 0.479 e. The lowest BCUT2D eigenvalue weighted by molar-refractivity contribution is -0.122. The van der Waals surface area contributed by atoms with Crippen LogP contribution in [0.4, 0.5) is 5.69 Å². The Morgan fingerprint density at radius 1 is 1.33 bits per heavy atom. The molecule has 154 valence electrons. The van der Waals surface area contributed by atoms with Crippen molar-refractivity contribution in [3.05, 3.63) is 45.1 Å². The number of fused-ring (bicyclic) bond motifs is 2. The Bertz CT molecular complexity index is 1260. The van der Waals surface area contributed by atoms with E-state index in [0.29, 0.717) is 21.8 Å². The zero-order chi connectivity index (χ0) is 21.6. The lowest BCUT2D eigenvalue weighted by atomic mass is 10.1. The number of nitrogens with one attached hydrogen (secondary N) is 2. The number of carbonyl (C=O) groups excluding carboxylic acids is 2. The Morgan fingerprint density at radius 2 is 2.10 bits per heavy atom. The number of anilines is 1. The van der Waals surface area contributed by atoms with E-state index < -0.39 is 22.9 Å². The number of rotatable bonds is 5. The van der Waals surface area contributed by atoms with Gasteiger partial charge in [-0.3, -0.25) is 14.4 Å². The first-order chi connectivity index (χ1) is 14.2. The first-order valence-electron chi connectivity index (χ1n) is 8.82. The zero-order valence-electron chi connectivity index (χ0n) is 15.7. The molecule has 0 spiro atoms. The van der Waals surface area contributed by atoms with Crippen molar-refractivity contribution in [2.45, 2.75) is 30.4 Å². The summed E-state index contributed by atoms with van der Waals surface area (Å²) < 4.78 is 5.49. The van der Waals surface area contributed by atoms with Crippen molar-refractivity contribution in [1.82, 2.24) is 9.97 Å². The van der Waals surface area contributed by atoms with Crippen molar-refractivity contribution in [3.8, 4) is 5.75 Å². The van der Waals surface area contributed by atoms with Crippen LogP contribution in [0.5, 0.6) is 5.75 Å². The van der Waals surface area contributed by atoms with E-state index in [0.717, 1.165) is 23.1 Å². The molecule has 3 aromatic rings. The number of benzene rings is 1. The number of nitrogens with zero attached hydrogens (tertiary/aromatic N) is 1. The predicted molar refractivity (Wildman–Crippen MR) is 112 cm³/mol. The molecule has 0 bridgehead atoms. The van der Waals surface area contributed by atoms with Crippen LogP contribution in [0.2, 0.25) is 0 Å². The van der Waals surface area contributed by atoms with Gasteiger partial charge < -0.3 is 20.1 Å². The Morgan fingerprint density at radius 3 is 2.83 bits per heavy atom. The number of amides is 1. The standard InChI is InChI=1S/C19H15N3O6S2/c1-7-15(24)20-11-5-9(3-4-12(11)28-7)14(23)8(2)30-19-21-16(25)13-10(18(26)27)6-29-17(13)22-19/h3-8H,1-2H3,(H,20,24)(H,26,27)(H,21,22,25). The van der Waals surface area contributed by atoms with Gasteiger partial charge in [0.25, 0.3) is 11.5 Å². The van der Waals surface area contributed by atoms with E-state index in [2.05, 4.69) is 15.3 Å². The van der Waals surface area contributed by atoms with Gasteiger partial charge in [0.05, 0.1) is 21.9 Å². The minimum absolute atomic E-state index is 0.0236. The van der Waals surface area contributed by atoms with Crippen LogP contribution in [0.25, 0.3) is 10.2 Å². The number of ketones is 1. The van der Waals surface area contributed by atoms with E-state index in [1.54, 1.807) is 32.0 Å². The van der Waals surface area contributed by atoms with E-state index in [-0.39, 0.29) is 27.8 Å². The van der Waals surface area contributed by atoms with Gasteiger partial charge in [0.1, 0.15) is 10.6 Å². The third kappa shape index (κ3) is 3.57. The first kappa shape index (κ1) is 20.1. The number of aromatic amines is 1. The molecule has 2 atom stereocenters. The molecule has 11 heteroatoms. The van der Waals surface area contributed by atoms with E-state index in [4.69, 9.17) is 9.84 Å². The third-order valence-electron chi connectivity index (χ3n) is 4.51. The number of carboxylic acids is 1. The number of Topliss-reactive ketones (excluding diaryl/α,β-unsaturated/α-hetero) is 1. The molecule has 2 unspecified atom stereocenters. The summed E-state index contributed by atoms with van der Waals surface area (Å²) >= 11 is 2.11. The molecule has 2 aromatic heterocycles. The first-order valence-corrected chi connectivity index (χ1v) is 10.6. The molecular formula is C19H15N3O6S2. The highest BCUT2D eigenvalue weighted by molar-refractivity contribution is 8.00. The van der Waals surface area contributed by atoms with Gasteiger partial charge in [-0.05, 0) is 32.0 Å². The van der Waals surface area contributed by atoms with Gasteiger partial charge in [-0.2, -0.15) is 0 Å². The molecule has 1 aliphatic heterocycles. The second-order valence-electron chi connectivity index (χ2n) is 6.59. The summed E-state index contributed by atoms with van der Waals surface area (Å²) in [5.74, 6) is -1.23. The maximum Gasteiger partial charge on any atom is 0.337 e. The lowest BCUT2D eigenvalue weighted by Crippen LogP contribution is -2.34. The van der Waals surface area contributed by atoms with Crippen molar-refractivity contribution in [2.75, 3.05) is 5.32 Å². The number of thioether (sulfide) groups is 1. The smallest absolute Gasteiger partial charge is 0.337 e. The van der Waals surface area contributed by atoms with E-state index in [1.165, 1.54) is 5.38 Å². The second-order valence-corrected chi connectivity index (χ2v) is 8.78. The second kappa shape index (κ2) is 7.58. The van der Waals surface area contributed by atoms with Crippen LogP contribution in [-0.4, -0.2) is 44.1 Å². The number of thiophene rings is 1. The van der Waals surface area contributed by atoms with Crippen LogP contribution >= 0.6 is 23.1 Å². The average molecular weight is 445 g/mol. The van der Waals surface area contributed by atoms with Crippen LogP contribution in [0, 0.1) is 0 Å². The Kier molecular flexibility index (Phi) is 5.08. The van der Waals surface area contributed by atoms with E-state index in [9.17, 15) is 19.2 Å². The molecule has 1 amide bonds. The molecule has 0 radical (unpaired) electrons. The number of hydrogen-bond acceptors (Lipinski definition) is 8. The fourth-order valence-electron chi connectivity index (χ4n) is 2.96. The summed E-state index contributed by atoms with van der Waals surface area (Å²) in [5.41, 5.74) is 0.134. The number of carbonyl (C=O) groups is 3. The van der Waals surface area contributed by atoms with Crippen molar-refractivity contribution in [2.24, 2.45) is 0 Å². The van der Waals surface area contributed by atoms with Crippen molar-refractivity contribution < 1.29 is 24.2 Å². The normalized spacial score (nSPS) is 16.5. The van der Waals surface area contributed by atoms with Gasteiger partial charge in [0.2, 0.25) is 0 Å². The van der Waals surface area contributed by atoms with Crippen LogP contribution in [0.1, 0.15) is 34.6 Å². The van der Waals surface area contributed by atoms with E-state index >= 15 is 0 Å². The minimum atomic E-state index is -1.20. The van der Waals surface area contributed by atoms with Gasteiger partial charge in [0, 0.05) is 10.9 Å².